The van der Waals surface area contributed by atoms with E-state index in [0.29, 0.717) is 23.8 Å². The highest BCUT2D eigenvalue weighted by molar-refractivity contribution is 5.62. The quantitative estimate of drug-likeness (QED) is 0.698. The van der Waals surface area contributed by atoms with Crippen LogP contribution in [0.1, 0.15) is 24.1 Å². The van der Waals surface area contributed by atoms with Gasteiger partial charge in [-0.05, 0) is 37.5 Å². The van der Waals surface area contributed by atoms with E-state index in [1.54, 1.807) is 18.6 Å². The van der Waals surface area contributed by atoms with Gasteiger partial charge in [0.15, 0.2) is 0 Å². The number of aromatic nitrogens is 5. The van der Waals surface area contributed by atoms with Gasteiger partial charge in [0.2, 0.25) is 11.9 Å². The topological polar surface area (TPSA) is 102 Å². The van der Waals surface area contributed by atoms with E-state index < -0.39 is 17.4 Å². The first-order valence-corrected chi connectivity index (χ1v) is 8.87. The van der Waals surface area contributed by atoms with Crippen LogP contribution in [0.25, 0.3) is 11.3 Å². The SMILES string of the molecule is Cc1cnc(N)nc1-c1cnc(NCC2(c3ncccc3F)CC(F)C2)nc1. The van der Waals surface area contributed by atoms with Crippen LogP contribution < -0.4 is 11.1 Å². The maximum Gasteiger partial charge on any atom is 0.222 e. The third-order valence-electron chi connectivity index (χ3n) is 4.99. The summed E-state index contributed by atoms with van der Waals surface area (Å²) < 4.78 is 27.8. The zero-order valence-corrected chi connectivity index (χ0v) is 15.2. The molecule has 0 radical (unpaired) electrons. The van der Waals surface area contributed by atoms with Crippen LogP contribution >= 0.6 is 0 Å². The number of rotatable bonds is 5. The summed E-state index contributed by atoms with van der Waals surface area (Å²) in [7, 11) is 0. The molecule has 9 heteroatoms. The summed E-state index contributed by atoms with van der Waals surface area (Å²) in [6.07, 6.45) is 5.87. The molecule has 3 N–H and O–H groups in total. The summed E-state index contributed by atoms with van der Waals surface area (Å²) in [6, 6.07) is 2.87. The summed E-state index contributed by atoms with van der Waals surface area (Å²) >= 11 is 0. The molecule has 0 atom stereocenters. The van der Waals surface area contributed by atoms with Gasteiger partial charge in [-0.15, -0.1) is 0 Å². The van der Waals surface area contributed by atoms with Crippen molar-refractivity contribution in [3.05, 3.63) is 54.0 Å². The van der Waals surface area contributed by atoms with E-state index in [1.165, 1.54) is 18.3 Å². The van der Waals surface area contributed by atoms with Crippen molar-refractivity contribution < 1.29 is 8.78 Å². The zero-order valence-electron chi connectivity index (χ0n) is 15.2. The average Bonchev–Trinajstić information content (AvgIpc) is 2.67. The maximum absolute atomic E-state index is 14.2. The predicted octanol–water partition coefficient (Wildman–Crippen LogP) is 2.84. The average molecular weight is 383 g/mol. The summed E-state index contributed by atoms with van der Waals surface area (Å²) in [5.41, 5.74) is 7.44. The number of hydrogen-bond acceptors (Lipinski definition) is 7. The van der Waals surface area contributed by atoms with E-state index in [2.05, 4.69) is 30.2 Å². The number of nitrogen functional groups attached to an aromatic ring is 1. The Morgan fingerprint density at radius 3 is 2.61 bits per heavy atom. The molecule has 0 amide bonds. The fourth-order valence-electron chi connectivity index (χ4n) is 3.52. The van der Waals surface area contributed by atoms with Crippen molar-refractivity contribution in [1.82, 2.24) is 24.9 Å². The fraction of sp³-hybridized carbons (Fsp3) is 0.316. The highest BCUT2D eigenvalue weighted by atomic mass is 19.1. The third-order valence-corrected chi connectivity index (χ3v) is 4.99. The first-order valence-electron chi connectivity index (χ1n) is 8.87. The second-order valence-corrected chi connectivity index (χ2v) is 7.03. The number of aryl methyl sites for hydroxylation is 1. The molecule has 1 fully saturated rings. The number of pyridine rings is 1. The third kappa shape index (κ3) is 3.35. The number of hydrogen-bond donors (Lipinski definition) is 2. The summed E-state index contributed by atoms with van der Waals surface area (Å²) in [6.45, 7) is 2.16. The standard InChI is InChI=1S/C19H19F2N7/c1-11-7-24-17(22)28-15(11)12-8-25-18(26-9-12)27-10-19(5-13(20)6-19)16-14(21)3-2-4-23-16/h2-4,7-9,13H,5-6,10H2,1H3,(H2,22,24,28)(H,25,26,27). The van der Waals surface area contributed by atoms with E-state index >= 15 is 0 Å². The van der Waals surface area contributed by atoms with Crippen LogP contribution in [0.4, 0.5) is 20.7 Å². The second kappa shape index (κ2) is 7.06. The van der Waals surface area contributed by atoms with Gasteiger partial charge < -0.3 is 11.1 Å². The predicted molar refractivity (Wildman–Crippen MR) is 101 cm³/mol. The van der Waals surface area contributed by atoms with Crippen molar-refractivity contribution in [2.45, 2.75) is 31.4 Å². The van der Waals surface area contributed by atoms with Crippen molar-refractivity contribution in [2.75, 3.05) is 17.6 Å². The van der Waals surface area contributed by atoms with Crippen molar-refractivity contribution in [3.63, 3.8) is 0 Å². The Morgan fingerprint density at radius 1 is 1.18 bits per heavy atom. The number of nitrogens with zero attached hydrogens (tertiary/aromatic N) is 5. The van der Waals surface area contributed by atoms with Gasteiger partial charge in [-0.2, -0.15) is 0 Å². The molecule has 0 unspecified atom stereocenters. The van der Waals surface area contributed by atoms with Crippen LogP contribution in [-0.2, 0) is 5.41 Å². The molecule has 3 aromatic rings. The molecule has 1 aliphatic carbocycles. The molecule has 3 aromatic heterocycles. The van der Waals surface area contributed by atoms with Gasteiger partial charge in [0.25, 0.3) is 0 Å². The molecular weight excluding hydrogens is 364 g/mol. The van der Waals surface area contributed by atoms with Gasteiger partial charge in [0.1, 0.15) is 12.0 Å². The van der Waals surface area contributed by atoms with E-state index in [0.717, 1.165) is 5.56 Å². The van der Waals surface area contributed by atoms with Crippen molar-refractivity contribution in [2.24, 2.45) is 0 Å². The van der Waals surface area contributed by atoms with Gasteiger partial charge in [-0.3, -0.25) is 4.98 Å². The van der Waals surface area contributed by atoms with Gasteiger partial charge in [-0.1, -0.05) is 0 Å². The van der Waals surface area contributed by atoms with Crippen LogP contribution in [0, 0.1) is 12.7 Å². The molecule has 144 valence electrons. The van der Waals surface area contributed by atoms with E-state index in [9.17, 15) is 8.78 Å². The molecule has 0 saturated heterocycles. The lowest BCUT2D eigenvalue weighted by Gasteiger charge is -2.43. The molecule has 0 spiro atoms. The van der Waals surface area contributed by atoms with E-state index in [-0.39, 0.29) is 24.5 Å². The monoisotopic (exact) mass is 383 g/mol. The van der Waals surface area contributed by atoms with Crippen LogP contribution in [0.3, 0.4) is 0 Å². The summed E-state index contributed by atoms with van der Waals surface area (Å²) in [5.74, 6) is 0.110. The van der Waals surface area contributed by atoms with Gasteiger partial charge in [0.05, 0.1) is 11.4 Å². The highest BCUT2D eigenvalue weighted by Crippen LogP contribution is 2.45. The maximum atomic E-state index is 14.2. The van der Waals surface area contributed by atoms with Crippen LogP contribution in [0.15, 0.2) is 36.9 Å². The van der Waals surface area contributed by atoms with Crippen LogP contribution in [-0.4, -0.2) is 37.6 Å². The summed E-state index contributed by atoms with van der Waals surface area (Å²) in [5, 5.41) is 3.09. The first kappa shape index (κ1) is 18.1. The number of nitrogens with one attached hydrogen (secondary N) is 1. The minimum Gasteiger partial charge on any atom is -0.368 e. The van der Waals surface area contributed by atoms with Gasteiger partial charge in [-0.25, -0.2) is 28.7 Å². The fourth-order valence-corrected chi connectivity index (χ4v) is 3.52. The Labute approximate surface area is 160 Å². The summed E-state index contributed by atoms with van der Waals surface area (Å²) in [4.78, 5) is 20.9. The number of halogens is 2. The molecule has 1 saturated carbocycles. The van der Waals surface area contributed by atoms with E-state index in [1.807, 2.05) is 6.92 Å². The Kier molecular flexibility index (Phi) is 4.58. The van der Waals surface area contributed by atoms with E-state index in [4.69, 9.17) is 5.73 Å². The molecule has 1 aliphatic rings. The molecule has 3 heterocycles. The highest BCUT2D eigenvalue weighted by Gasteiger charge is 2.48. The zero-order chi connectivity index (χ0) is 19.7. The number of anilines is 2. The second-order valence-electron chi connectivity index (χ2n) is 7.03. The largest absolute Gasteiger partial charge is 0.368 e. The van der Waals surface area contributed by atoms with Crippen LogP contribution in [0.5, 0.6) is 0 Å². The molecule has 0 aliphatic heterocycles. The Balaban J connectivity index is 1.52. The number of alkyl halides is 1. The molecular formula is C19H19F2N7. The van der Waals surface area contributed by atoms with Crippen molar-refractivity contribution in [3.8, 4) is 11.3 Å². The lowest BCUT2D eigenvalue weighted by molar-refractivity contribution is 0.0963. The molecule has 4 rings (SSSR count). The van der Waals surface area contributed by atoms with Gasteiger partial charge >= 0.3 is 0 Å². The lowest BCUT2D eigenvalue weighted by Crippen LogP contribution is -2.49. The Hall–Kier alpha value is -3.23. The van der Waals surface area contributed by atoms with Crippen molar-refractivity contribution in [1.29, 1.82) is 0 Å². The Bertz CT molecular complexity index is 988. The van der Waals surface area contributed by atoms with Crippen molar-refractivity contribution >= 4 is 11.9 Å². The van der Waals surface area contributed by atoms with Crippen LogP contribution in [0.2, 0.25) is 0 Å². The number of nitrogens with two attached hydrogens (primary N) is 1. The smallest absolute Gasteiger partial charge is 0.222 e. The Morgan fingerprint density at radius 2 is 1.93 bits per heavy atom. The molecule has 7 nitrogen and oxygen atoms in total. The first-order chi connectivity index (χ1) is 13.5. The molecule has 0 bridgehead atoms. The normalized spacial score (nSPS) is 21.2. The minimum atomic E-state index is -0.960. The minimum absolute atomic E-state index is 0.174. The van der Waals surface area contributed by atoms with Gasteiger partial charge in [0, 0.05) is 42.3 Å². The molecule has 0 aromatic carbocycles. The molecule has 28 heavy (non-hydrogen) atoms. The lowest BCUT2D eigenvalue weighted by atomic mass is 9.65.